The molecule has 4 rings (SSSR count). The Morgan fingerprint density at radius 3 is 2.58 bits per heavy atom. The summed E-state index contributed by atoms with van der Waals surface area (Å²) in [5.74, 6) is -0.490. The smallest absolute Gasteiger partial charge is 0.405 e. The number of anilines is 2. The van der Waals surface area contributed by atoms with E-state index in [1.54, 1.807) is 10.7 Å². The Balaban J connectivity index is 1.40. The molecule has 0 unspecified atom stereocenters. The van der Waals surface area contributed by atoms with Gasteiger partial charge in [-0.1, -0.05) is 18.2 Å². The van der Waals surface area contributed by atoms with Crippen LogP contribution < -0.4 is 21.1 Å². The number of nitrogens with zero attached hydrogens (tertiary/aromatic N) is 5. The Kier molecular flexibility index (Phi) is 8.29. The van der Waals surface area contributed by atoms with Crippen LogP contribution in [0.5, 0.6) is 5.75 Å². The van der Waals surface area contributed by atoms with Crippen molar-refractivity contribution in [2.24, 2.45) is 13.0 Å². The monoisotopic (exact) mass is 534 g/mol. The van der Waals surface area contributed by atoms with Gasteiger partial charge in [-0.2, -0.15) is 10.1 Å². The molecule has 204 valence electrons. The molecule has 1 aromatic carbocycles. The molecule has 4 N–H and O–H groups in total. The van der Waals surface area contributed by atoms with E-state index < -0.39 is 11.3 Å². The van der Waals surface area contributed by atoms with Crippen molar-refractivity contribution in [3.05, 3.63) is 63.6 Å². The highest BCUT2D eigenvalue weighted by molar-refractivity contribution is 5.58. The fourth-order valence-electron chi connectivity index (χ4n) is 4.66. The van der Waals surface area contributed by atoms with Crippen LogP contribution >= 0.6 is 0 Å². The minimum atomic E-state index is -4.84. The molecule has 0 bridgehead atoms. The number of nitro groups is 1. The molecule has 11 nitrogen and oxygen atoms in total. The average Bonchev–Trinajstić information content (AvgIpc) is 3.26. The number of aryl methyl sites for hydroxylation is 1. The van der Waals surface area contributed by atoms with Crippen LogP contribution in [0, 0.1) is 16.0 Å². The third-order valence-electron chi connectivity index (χ3n) is 6.48. The average molecular weight is 535 g/mol. The summed E-state index contributed by atoms with van der Waals surface area (Å²) >= 11 is 0. The summed E-state index contributed by atoms with van der Waals surface area (Å²) in [6, 6.07) is 5.99. The molecule has 0 amide bonds. The SMILES string of the molecule is Cn1cc(CN[C@H]2CC[C@H](Cc3nc(NCc4ccccc4OC(F)(F)F)nc(N)c3[N+](=O)[O-])CC2)cn1. The van der Waals surface area contributed by atoms with Crippen molar-refractivity contribution >= 4 is 17.5 Å². The number of nitrogen functional groups attached to an aromatic ring is 1. The number of aromatic nitrogens is 4. The summed E-state index contributed by atoms with van der Waals surface area (Å²) in [5.41, 5.74) is 7.09. The van der Waals surface area contributed by atoms with E-state index in [0.717, 1.165) is 37.8 Å². The van der Waals surface area contributed by atoms with Crippen molar-refractivity contribution in [2.45, 2.75) is 57.6 Å². The molecule has 0 atom stereocenters. The normalized spacial score (nSPS) is 17.8. The first kappa shape index (κ1) is 27.1. The number of rotatable bonds is 10. The molecule has 2 aromatic heterocycles. The van der Waals surface area contributed by atoms with Crippen LogP contribution in [0.25, 0.3) is 0 Å². The maximum Gasteiger partial charge on any atom is 0.573 e. The number of nitrogens with two attached hydrogens (primary N) is 1. The molecule has 0 saturated heterocycles. The van der Waals surface area contributed by atoms with Gasteiger partial charge < -0.3 is 21.1 Å². The molecule has 1 saturated carbocycles. The highest BCUT2D eigenvalue weighted by Gasteiger charge is 2.32. The Labute approximate surface area is 216 Å². The Bertz CT molecular complexity index is 1260. The van der Waals surface area contributed by atoms with E-state index in [2.05, 4.69) is 30.4 Å². The predicted molar refractivity (Wildman–Crippen MR) is 133 cm³/mol. The molecule has 0 aliphatic heterocycles. The summed E-state index contributed by atoms with van der Waals surface area (Å²) in [6.45, 7) is 0.625. The quantitative estimate of drug-likeness (QED) is 0.258. The number of para-hydroxylation sites is 1. The summed E-state index contributed by atoms with van der Waals surface area (Å²) in [7, 11) is 1.87. The van der Waals surface area contributed by atoms with Gasteiger partial charge in [-0.05, 0) is 44.1 Å². The molecule has 38 heavy (non-hydrogen) atoms. The van der Waals surface area contributed by atoms with Crippen molar-refractivity contribution in [3.8, 4) is 5.75 Å². The Hall–Kier alpha value is -3.94. The Morgan fingerprint density at radius 2 is 1.92 bits per heavy atom. The minimum Gasteiger partial charge on any atom is -0.405 e. The lowest BCUT2D eigenvalue weighted by atomic mass is 9.83. The summed E-state index contributed by atoms with van der Waals surface area (Å²) in [4.78, 5) is 19.4. The zero-order valence-corrected chi connectivity index (χ0v) is 20.7. The lowest BCUT2D eigenvalue weighted by Gasteiger charge is -2.29. The highest BCUT2D eigenvalue weighted by atomic mass is 19.4. The van der Waals surface area contributed by atoms with Crippen LogP contribution in [0.15, 0.2) is 36.7 Å². The van der Waals surface area contributed by atoms with Crippen LogP contribution in [0.2, 0.25) is 0 Å². The molecule has 2 heterocycles. The van der Waals surface area contributed by atoms with E-state index in [9.17, 15) is 23.3 Å². The van der Waals surface area contributed by atoms with Crippen LogP contribution in [-0.2, 0) is 26.6 Å². The first-order valence-electron chi connectivity index (χ1n) is 12.2. The zero-order chi connectivity index (χ0) is 27.3. The topological polar surface area (TPSA) is 146 Å². The zero-order valence-electron chi connectivity index (χ0n) is 20.7. The molecule has 1 aliphatic rings. The van der Waals surface area contributed by atoms with E-state index in [0.29, 0.717) is 12.5 Å². The molecule has 0 spiro atoms. The van der Waals surface area contributed by atoms with Crippen LogP contribution in [0.1, 0.15) is 42.5 Å². The van der Waals surface area contributed by atoms with Crippen molar-refractivity contribution in [2.75, 3.05) is 11.1 Å². The summed E-state index contributed by atoms with van der Waals surface area (Å²) in [5, 5.41) is 22.2. The molecular formula is C24H29F3N8O3. The first-order valence-corrected chi connectivity index (χ1v) is 12.2. The van der Waals surface area contributed by atoms with Gasteiger partial charge in [-0.3, -0.25) is 14.8 Å². The molecule has 3 aromatic rings. The number of alkyl halides is 3. The summed E-state index contributed by atoms with van der Waals surface area (Å²) in [6.07, 6.45) is 2.84. The van der Waals surface area contributed by atoms with Gasteiger partial charge >= 0.3 is 12.0 Å². The van der Waals surface area contributed by atoms with Crippen molar-refractivity contribution in [1.29, 1.82) is 0 Å². The number of ether oxygens (including phenoxy) is 1. The third kappa shape index (κ3) is 7.31. The van der Waals surface area contributed by atoms with Gasteiger partial charge in [0.25, 0.3) is 0 Å². The maximum absolute atomic E-state index is 12.7. The third-order valence-corrected chi connectivity index (χ3v) is 6.48. The minimum absolute atomic E-state index is 0.00302. The molecular weight excluding hydrogens is 505 g/mol. The van der Waals surface area contributed by atoms with E-state index in [1.165, 1.54) is 18.2 Å². The second-order valence-corrected chi connectivity index (χ2v) is 9.32. The number of hydrogen-bond acceptors (Lipinski definition) is 9. The largest absolute Gasteiger partial charge is 0.573 e. The van der Waals surface area contributed by atoms with Crippen LogP contribution in [0.4, 0.5) is 30.6 Å². The number of hydrogen-bond donors (Lipinski definition) is 3. The standard InChI is InChI=1S/C24H29F3N8O3/c1-34-14-16(12-31-34)11-29-18-8-6-15(7-9-18)10-19-21(35(36)37)22(28)33-23(32-19)30-13-17-4-2-3-5-20(17)38-24(25,26)27/h2-5,12,14-15,18,29H,6-11,13H2,1H3,(H3,28,30,32,33)/t15-,18-. The Morgan fingerprint density at radius 1 is 1.18 bits per heavy atom. The van der Waals surface area contributed by atoms with Gasteiger partial charge in [0, 0.05) is 43.5 Å². The first-order chi connectivity index (χ1) is 18.1. The molecule has 1 fully saturated rings. The number of halogens is 3. The molecule has 0 radical (unpaired) electrons. The highest BCUT2D eigenvalue weighted by Crippen LogP contribution is 2.33. The van der Waals surface area contributed by atoms with Gasteiger partial charge in [0.05, 0.1) is 11.1 Å². The van der Waals surface area contributed by atoms with Gasteiger partial charge in [-0.25, -0.2) is 4.98 Å². The van der Waals surface area contributed by atoms with Gasteiger partial charge in [-0.15, -0.1) is 13.2 Å². The second kappa shape index (κ2) is 11.6. The lowest BCUT2D eigenvalue weighted by Crippen LogP contribution is -2.33. The number of nitrogens with one attached hydrogen (secondary N) is 2. The van der Waals surface area contributed by atoms with Crippen molar-refractivity contribution in [1.82, 2.24) is 25.1 Å². The summed E-state index contributed by atoms with van der Waals surface area (Å²) < 4.78 is 44.0. The fraction of sp³-hybridized carbons (Fsp3) is 0.458. The number of benzene rings is 1. The lowest BCUT2D eigenvalue weighted by molar-refractivity contribution is -0.385. The van der Waals surface area contributed by atoms with Crippen LogP contribution in [0.3, 0.4) is 0 Å². The molecule has 14 heteroatoms. The van der Waals surface area contributed by atoms with Crippen molar-refractivity contribution in [3.63, 3.8) is 0 Å². The van der Waals surface area contributed by atoms with E-state index in [-0.39, 0.29) is 46.9 Å². The maximum atomic E-state index is 12.7. The second-order valence-electron chi connectivity index (χ2n) is 9.32. The van der Waals surface area contributed by atoms with E-state index in [1.807, 2.05) is 19.4 Å². The fourth-order valence-corrected chi connectivity index (χ4v) is 4.66. The predicted octanol–water partition coefficient (Wildman–Crippen LogP) is 4.10. The van der Waals surface area contributed by atoms with Gasteiger partial charge in [0.1, 0.15) is 11.4 Å². The van der Waals surface area contributed by atoms with E-state index >= 15 is 0 Å². The van der Waals surface area contributed by atoms with Gasteiger partial charge in [0.2, 0.25) is 11.8 Å². The van der Waals surface area contributed by atoms with Crippen LogP contribution in [-0.4, -0.2) is 37.1 Å². The van der Waals surface area contributed by atoms with Gasteiger partial charge in [0.15, 0.2) is 0 Å². The van der Waals surface area contributed by atoms with E-state index in [4.69, 9.17) is 5.73 Å². The molecule has 1 aliphatic carbocycles. The van der Waals surface area contributed by atoms with Crippen molar-refractivity contribution < 1.29 is 22.8 Å².